The Morgan fingerprint density at radius 2 is 1.97 bits per heavy atom. The Balaban J connectivity index is 1.92. The molecule has 8 nitrogen and oxygen atoms in total. The smallest absolute Gasteiger partial charge is 0.338 e. The molecule has 0 bridgehead atoms. The number of nitrogens with zero attached hydrogens (tertiary/aromatic N) is 5. The Hall–Kier alpha value is -3.46. The Labute approximate surface area is 189 Å². The van der Waals surface area contributed by atoms with E-state index in [9.17, 15) is 9.59 Å². The van der Waals surface area contributed by atoms with E-state index < -0.39 is 12.0 Å². The van der Waals surface area contributed by atoms with E-state index in [-0.39, 0.29) is 5.56 Å². The zero-order valence-corrected chi connectivity index (χ0v) is 19.5. The van der Waals surface area contributed by atoms with Gasteiger partial charge in [-0.3, -0.25) is 14.0 Å². The molecule has 4 rings (SSSR count). The maximum Gasteiger partial charge on any atom is 0.338 e. The Kier molecular flexibility index (Phi) is 5.84. The van der Waals surface area contributed by atoms with Crippen molar-refractivity contribution < 1.29 is 9.53 Å². The van der Waals surface area contributed by atoms with Crippen LogP contribution in [0.25, 0.3) is 6.08 Å². The van der Waals surface area contributed by atoms with Gasteiger partial charge in [0.2, 0.25) is 0 Å². The Bertz CT molecular complexity index is 1380. The van der Waals surface area contributed by atoms with Gasteiger partial charge in [0.15, 0.2) is 4.80 Å². The standard InChI is InChI=1S/C23H25N5O3S/c1-6-27-12-11-16(25-27)13-18-21(29)28-20(15-7-9-17(10-8-15)26(3)4)19(22(30)31-5)14(2)24-23(28)32-18/h7-13,20H,6H2,1-5H3/b18-13+. The Morgan fingerprint density at radius 3 is 2.56 bits per heavy atom. The molecule has 1 aliphatic heterocycles. The molecule has 0 spiro atoms. The normalized spacial score (nSPS) is 16.0. The van der Waals surface area contributed by atoms with E-state index in [2.05, 4.69) is 10.1 Å². The molecule has 32 heavy (non-hydrogen) atoms. The summed E-state index contributed by atoms with van der Waals surface area (Å²) in [6, 6.07) is 9.04. The van der Waals surface area contributed by atoms with E-state index in [1.807, 2.05) is 62.4 Å². The topological polar surface area (TPSA) is 81.7 Å². The van der Waals surface area contributed by atoms with Gasteiger partial charge >= 0.3 is 5.97 Å². The zero-order chi connectivity index (χ0) is 23.0. The van der Waals surface area contributed by atoms with Crippen molar-refractivity contribution in [2.24, 2.45) is 4.99 Å². The number of carbonyl (C=O) groups excluding carboxylic acids is 1. The molecule has 0 aliphatic carbocycles. The minimum Gasteiger partial charge on any atom is -0.466 e. The molecule has 3 heterocycles. The fourth-order valence-electron chi connectivity index (χ4n) is 3.73. The molecule has 9 heteroatoms. The van der Waals surface area contributed by atoms with Crippen LogP contribution in [0.4, 0.5) is 5.69 Å². The highest BCUT2D eigenvalue weighted by atomic mass is 32.1. The van der Waals surface area contributed by atoms with Gasteiger partial charge in [0.1, 0.15) is 0 Å². The predicted molar refractivity (Wildman–Crippen MR) is 124 cm³/mol. The van der Waals surface area contributed by atoms with E-state index in [1.165, 1.54) is 18.4 Å². The number of fused-ring (bicyclic) bond motifs is 1. The third-order valence-electron chi connectivity index (χ3n) is 5.42. The molecule has 0 amide bonds. The summed E-state index contributed by atoms with van der Waals surface area (Å²) >= 11 is 1.29. The van der Waals surface area contributed by atoms with Crippen LogP contribution in [0.2, 0.25) is 0 Å². The minimum absolute atomic E-state index is 0.213. The first-order chi connectivity index (χ1) is 15.3. The van der Waals surface area contributed by atoms with Gasteiger partial charge in [-0.05, 0) is 43.7 Å². The van der Waals surface area contributed by atoms with Crippen LogP contribution in [0.15, 0.2) is 57.6 Å². The first kappa shape index (κ1) is 21.8. The molecule has 2 aromatic heterocycles. The van der Waals surface area contributed by atoms with Gasteiger partial charge < -0.3 is 9.64 Å². The fourth-order valence-corrected chi connectivity index (χ4v) is 4.76. The van der Waals surface area contributed by atoms with Crippen molar-refractivity contribution in [3.05, 3.63) is 78.7 Å². The number of esters is 1. The van der Waals surface area contributed by atoms with E-state index in [0.29, 0.717) is 26.3 Å². The maximum absolute atomic E-state index is 13.5. The van der Waals surface area contributed by atoms with Crippen LogP contribution in [0.1, 0.15) is 31.1 Å². The van der Waals surface area contributed by atoms with Gasteiger partial charge in [-0.2, -0.15) is 5.10 Å². The lowest BCUT2D eigenvalue weighted by Crippen LogP contribution is -2.39. The summed E-state index contributed by atoms with van der Waals surface area (Å²) < 4.78 is 8.95. The van der Waals surface area contributed by atoms with Crippen LogP contribution in [0.5, 0.6) is 0 Å². The summed E-state index contributed by atoms with van der Waals surface area (Å²) in [5.74, 6) is -0.496. The predicted octanol–water partition coefficient (Wildman–Crippen LogP) is 1.69. The second kappa shape index (κ2) is 8.58. The molecular weight excluding hydrogens is 426 g/mol. The van der Waals surface area contributed by atoms with Crippen molar-refractivity contribution in [3.8, 4) is 0 Å². The monoisotopic (exact) mass is 451 g/mol. The maximum atomic E-state index is 13.5. The number of carbonyl (C=O) groups is 1. The molecule has 0 saturated carbocycles. The third kappa shape index (κ3) is 3.80. The van der Waals surface area contributed by atoms with Crippen LogP contribution in [0, 0.1) is 0 Å². The number of benzene rings is 1. The van der Waals surface area contributed by atoms with Gasteiger partial charge in [0, 0.05) is 32.5 Å². The molecule has 1 unspecified atom stereocenters. The number of hydrogen-bond acceptors (Lipinski definition) is 7. The highest BCUT2D eigenvalue weighted by Gasteiger charge is 2.33. The van der Waals surface area contributed by atoms with Crippen molar-refractivity contribution in [2.45, 2.75) is 26.4 Å². The van der Waals surface area contributed by atoms with E-state index >= 15 is 0 Å². The van der Waals surface area contributed by atoms with Gasteiger partial charge in [-0.15, -0.1) is 0 Å². The molecule has 0 saturated heterocycles. The number of allylic oxidation sites excluding steroid dienone is 1. The largest absolute Gasteiger partial charge is 0.466 e. The van der Waals surface area contributed by atoms with Crippen LogP contribution >= 0.6 is 11.3 Å². The Morgan fingerprint density at radius 1 is 1.25 bits per heavy atom. The average Bonchev–Trinajstić information content (AvgIpc) is 3.36. The lowest BCUT2D eigenvalue weighted by atomic mass is 9.95. The number of anilines is 1. The minimum atomic E-state index is -0.620. The molecule has 1 aliphatic rings. The molecular formula is C23H25N5O3S. The van der Waals surface area contributed by atoms with Gasteiger partial charge in [0.05, 0.1) is 34.6 Å². The number of methoxy groups -OCH3 is 1. The number of ether oxygens (including phenoxy) is 1. The van der Waals surface area contributed by atoms with Crippen molar-refractivity contribution in [3.63, 3.8) is 0 Å². The molecule has 0 N–H and O–H groups in total. The second-order valence-corrected chi connectivity index (χ2v) is 8.66. The lowest BCUT2D eigenvalue weighted by molar-refractivity contribution is -0.136. The van der Waals surface area contributed by atoms with Crippen LogP contribution in [0.3, 0.4) is 0 Å². The number of rotatable bonds is 5. The number of thiazole rings is 1. The SMILES string of the molecule is CCn1ccc(/C=c2/sc3n(c2=O)C(c2ccc(N(C)C)cc2)C(C(=O)OC)=C(C)N=3)n1. The lowest BCUT2D eigenvalue weighted by Gasteiger charge is -2.25. The van der Waals surface area contributed by atoms with E-state index in [0.717, 1.165) is 17.8 Å². The first-order valence-electron chi connectivity index (χ1n) is 10.3. The highest BCUT2D eigenvalue weighted by Crippen LogP contribution is 2.31. The fraction of sp³-hybridized carbons (Fsp3) is 0.304. The molecule has 0 fully saturated rings. The van der Waals surface area contributed by atoms with Crippen molar-refractivity contribution in [2.75, 3.05) is 26.1 Å². The van der Waals surface area contributed by atoms with Crippen LogP contribution < -0.4 is 19.8 Å². The highest BCUT2D eigenvalue weighted by molar-refractivity contribution is 7.07. The number of aryl methyl sites for hydroxylation is 1. The van der Waals surface area contributed by atoms with Crippen LogP contribution in [-0.4, -0.2) is 41.5 Å². The molecule has 1 aromatic carbocycles. The number of aromatic nitrogens is 3. The quantitative estimate of drug-likeness (QED) is 0.552. The van der Waals surface area contributed by atoms with Crippen molar-refractivity contribution >= 4 is 29.1 Å². The van der Waals surface area contributed by atoms with Gasteiger partial charge in [0.25, 0.3) is 5.56 Å². The van der Waals surface area contributed by atoms with E-state index in [1.54, 1.807) is 22.2 Å². The summed E-state index contributed by atoms with van der Waals surface area (Å²) in [7, 11) is 5.26. The van der Waals surface area contributed by atoms with Crippen molar-refractivity contribution in [1.29, 1.82) is 0 Å². The molecule has 3 aromatic rings. The summed E-state index contributed by atoms with van der Waals surface area (Å²) in [6.07, 6.45) is 3.64. The molecule has 166 valence electrons. The first-order valence-corrected chi connectivity index (χ1v) is 11.1. The van der Waals surface area contributed by atoms with Gasteiger partial charge in [-0.1, -0.05) is 23.5 Å². The number of hydrogen-bond donors (Lipinski definition) is 0. The molecule has 0 radical (unpaired) electrons. The molecule has 1 atom stereocenters. The summed E-state index contributed by atoms with van der Waals surface area (Å²) in [5, 5.41) is 4.45. The third-order valence-corrected chi connectivity index (χ3v) is 6.40. The van der Waals surface area contributed by atoms with E-state index in [4.69, 9.17) is 4.74 Å². The summed E-state index contributed by atoms with van der Waals surface area (Å²) in [6.45, 7) is 4.52. The van der Waals surface area contributed by atoms with Crippen LogP contribution in [-0.2, 0) is 16.1 Å². The van der Waals surface area contributed by atoms with Crippen molar-refractivity contribution in [1.82, 2.24) is 14.3 Å². The second-order valence-electron chi connectivity index (χ2n) is 7.66. The summed E-state index contributed by atoms with van der Waals surface area (Å²) in [4.78, 5) is 33.3. The summed E-state index contributed by atoms with van der Waals surface area (Å²) in [5.41, 5.74) is 3.23. The van der Waals surface area contributed by atoms with Gasteiger partial charge in [-0.25, -0.2) is 9.79 Å². The zero-order valence-electron chi connectivity index (χ0n) is 18.7. The average molecular weight is 452 g/mol.